The van der Waals surface area contributed by atoms with Crippen LogP contribution in [0.4, 0.5) is 0 Å². The van der Waals surface area contributed by atoms with E-state index in [-0.39, 0.29) is 10.6 Å². The Morgan fingerprint density at radius 3 is 2.91 bits per heavy atom. The highest BCUT2D eigenvalue weighted by molar-refractivity contribution is 6.30. The monoisotopic (exact) mass is 329 g/mol. The largest absolute Gasteiger partial charge is 0.459 e. The molecular formula is C17H16ClN3O2. The summed E-state index contributed by atoms with van der Waals surface area (Å²) in [5.41, 5.74) is 0.167. The molecule has 23 heavy (non-hydrogen) atoms. The zero-order valence-corrected chi connectivity index (χ0v) is 13.1. The Morgan fingerprint density at radius 2 is 2.13 bits per heavy atom. The van der Waals surface area contributed by atoms with Crippen LogP contribution in [0.3, 0.4) is 0 Å². The molecule has 2 aromatic heterocycles. The molecule has 2 N–H and O–H groups in total. The molecule has 0 spiro atoms. The molecule has 0 saturated carbocycles. The number of aromatic nitrogens is 1. The highest BCUT2D eigenvalue weighted by atomic mass is 35.5. The van der Waals surface area contributed by atoms with E-state index in [4.69, 9.17) is 16.0 Å². The van der Waals surface area contributed by atoms with Gasteiger partial charge < -0.3 is 14.3 Å². The molecule has 5 nitrogen and oxygen atoms in total. The van der Waals surface area contributed by atoms with Gasteiger partial charge in [-0.2, -0.15) is 0 Å². The van der Waals surface area contributed by atoms with Gasteiger partial charge in [-0.1, -0.05) is 29.8 Å². The molecule has 1 unspecified atom stereocenters. The number of nitrogens with one attached hydrogen (secondary N) is 2. The number of hydrogen-bond acceptors (Lipinski definition) is 4. The molecule has 0 radical (unpaired) electrons. The third-order valence-electron chi connectivity index (χ3n) is 4.29. The molecule has 4 rings (SSSR count). The van der Waals surface area contributed by atoms with Gasteiger partial charge in [0.1, 0.15) is 21.9 Å². The quantitative estimate of drug-likeness (QED) is 0.774. The molecule has 3 heterocycles. The molecule has 1 saturated heterocycles. The van der Waals surface area contributed by atoms with Gasteiger partial charge in [-0.3, -0.25) is 10.1 Å². The van der Waals surface area contributed by atoms with E-state index >= 15 is 0 Å². The van der Waals surface area contributed by atoms with Gasteiger partial charge in [-0.05, 0) is 24.3 Å². The zero-order valence-electron chi connectivity index (χ0n) is 12.4. The van der Waals surface area contributed by atoms with Crippen molar-refractivity contribution >= 4 is 22.6 Å². The number of para-hydroxylation sites is 1. The summed E-state index contributed by atoms with van der Waals surface area (Å²) in [7, 11) is 0. The fourth-order valence-electron chi connectivity index (χ4n) is 3.07. The van der Waals surface area contributed by atoms with E-state index in [1.165, 1.54) is 0 Å². The number of furan rings is 1. The molecule has 3 aromatic rings. The Morgan fingerprint density at radius 1 is 1.26 bits per heavy atom. The van der Waals surface area contributed by atoms with Crippen molar-refractivity contribution in [3.63, 3.8) is 0 Å². The van der Waals surface area contributed by atoms with Crippen LogP contribution >= 0.6 is 11.6 Å². The Kier molecular flexibility index (Phi) is 3.49. The lowest BCUT2D eigenvalue weighted by Crippen LogP contribution is -2.45. The first-order valence-corrected chi connectivity index (χ1v) is 7.86. The lowest BCUT2D eigenvalue weighted by Gasteiger charge is -2.27. The molecule has 0 aliphatic carbocycles. The van der Waals surface area contributed by atoms with Gasteiger partial charge in [0, 0.05) is 24.8 Å². The molecule has 1 aliphatic rings. The minimum Gasteiger partial charge on any atom is -0.459 e. The van der Waals surface area contributed by atoms with Crippen molar-refractivity contribution < 1.29 is 4.42 Å². The lowest BCUT2D eigenvalue weighted by atomic mass is 9.97. The van der Waals surface area contributed by atoms with Crippen molar-refractivity contribution in [3.05, 3.63) is 69.8 Å². The number of halogens is 1. The Hall–Kier alpha value is -2.08. The fourth-order valence-corrected chi connectivity index (χ4v) is 3.26. The number of hydrogen-bond donors (Lipinski definition) is 2. The highest BCUT2D eigenvalue weighted by Gasteiger charge is 2.39. The van der Waals surface area contributed by atoms with E-state index in [1.807, 2.05) is 30.3 Å². The second kappa shape index (κ2) is 5.53. The zero-order chi connectivity index (χ0) is 15.9. The van der Waals surface area contributed by atoms with Crippen LogP contribution in [0.1, 0.15) is 5.76 Å². The second-order valence-corrected chi connectivity index (χ2v) is 6.21. The average Bonchev–Trinajstić information content (AvgIpc) is 3.19. The summed E-state index contributed by atoms with van der Waals surface area (Å²) in [6, 6.07) is 13.3. The normalized spacial score (nSPS) is 21.1. The maximum atomic E-state index is 12.3. The average molecular weight is 330 g/mol. The molecule has 1 atom stereocenters. The van der Waals surface area contributed by atoms with E-state index < -0.39 is 5.54 Å². The first kappa shape index (κ1) is 14.5. The Labute approximate surface area is 137 Å². The predicted molar refractivity (Wildman–Crippen MR) is 89.6 cm³/mol. The number of fused-ring (bicyclic) bond motifs is 1. The molecule has 6 heteroatoms. The van der Waals surface area contributed by atoms with Crippen LogP contribution in [0.5, 0.6) is 0 Å². The molecule has 0 amide bonds. The first-order valence-electron chi connectivity index (χ1n) is 7.48. The number of benzene rings is 1. The number of nitrogens with zero attached hydrogens (tertiary/aromatic N) is 1. The summed E-state index contributed by atoms with van der Waals surface area (Å²) in [5.74, 6) is 0.815. The van der Waals surface area contributed by atoms with Gasteiger partial charge in [0.15, 0.2) is 0 Å². The summed E-state index contributed by atoms with van der Waals surface area (Å²) in [4.78, 5) is 12.3. The van der Waals surface area contributed by atoms with Gasteiger partial charge in [-0.15, -0.1) is 0 Å². The molecular weight excluding hydrogens is 314 g/mol. The molecule has 1 aliphatic heterocycles. The maximum absolute atomic E-state index is 12.3. The second-order valence-electron chi connectivity index (χ2n) is 5.80. The van der Waals surface area contributed by atoms with Crippen molar-refractivity contribution in [3.8, 4) is 0 Å². The molecule has 118 valence electrons. The smallest absolute Gasteiger partial charge is 0.269 e. The van der Waals surface area contributed by atoms with Gasteiger partial charge in [-0.25, -0.2) is 0 Å². The van der Waals surface area contributed by atoms with Crippen molar-refractivity contribution in [1.82, 2.24) is 15.2 Å². The van der Waals surface area contributed by atoms with Gasteiger partial charge in [0.25, 0.3) is 5.56 Å². The van der Waals surface area contributed by atoms with E-state index in [1.54, 1.807) is 22.9 Å². The van der Waals surface area contributed by atoms with Crippen molar-refractivity contribution in [1.29, 1.82) is 0 Å². The fraction of sp³-hybridized carbons (Fsp3) is 0.235. The van der Waals surface area contributed by atoms with Gasteiger partial charge in [0.2, 0.25) is 0 Å². The van der Waals surface area contributed by atoms with Crippen molar-refractivity contribution in [2.45, 2.75) is 12.1 Å². The Bertz CT molecular complexity index is 876. The first-order chi connectivity index (χ1) is 11.2. The maximum Gasteiger partial charge on any atom is 0.269 e. The number of pyridine rings is 1. The van der Waals surface area contributed by atoms with E-state index in [0.717, 1.165) is 16.7 Å². The van der Waals surface area contributed by atoms with E-state index in [9.17, 15) is 4.79 Å². The minimum atomic E-state index is -0.479. The van der Waals surface area contributed by atoms with Gasteiger partial charge >= 0.3 is 0 Å². The summed E-state index contributed by atoms with van der Waals surface area (Å²) in [5, 5.41) is 8.00. The van der Waals surface area contributed by atoms with Crippen LogP contribution in [0, 0.1) is 0 Å². The predicted octanol–water partition coefficient (Wildman–Crippen LogP) is 2.29. The Balaban J connectivity index is 1.80. The van der Waals surface area contributed by atoms with Crippen LogP contribution in [-0.2, 0) is 12.1 Å². The number of rotatable bonds is 3. The highest BCUT2D eigenvalue weighted by Crippen LogP contribution is 2.30. The summed E-state index contributed by atoms with van der Waals surface area (Å²) in [6.45, 7) is 1.78. The summed E-state index contributed by atoms with van der Waals surface area (Å²) in [6.07, 6.45) is 1.75. The molecule has 0 bridgehead atoms. The summed E-state index contributed by atoms with van der Waals surface area (Å²) < 4.78 is 7.67. The van der Waals surface area contributed by atoms with Crippen LogP contribution < -0.4 is 16.2 Å². The minimum absolute atomic E-state index is 0.196. The van der Waals surface area contributed by atoms with Crippen LogP contribution in [0.15, 0.2) is 57.9 Å². The van der Waals surface area contributed by atoms with Crippen molar-refractivity contribution in [2.24, 2.45) is 0 Å². The summed E-state index contributed by atoms with van der Waals surface area (Å²) >= 11 is 5.96. The molecule has 1 fully saturated rings. The van der Waals surface area contributed by atoms with Gasteiger partial charge in [0.05, 0.1) is 6.54 Å². The van der Waals surface area contributed by atoms with Crippen LogP contribution in [0.25, 0.3) is 11.0 Å². The van der Waals surface area contributed by atoms with E-state index in [0.29, 0.717) is 19.8 Å². The third-order valence-corrected chi connectivity index (χ3v) is 4.58. The third kappa shape index (κ3) is 2.47. The van der Waals surface area contributed by atoms with E-state index in [2.05, 4.69) is 10.6 Å². The standard InChI is InChI=1S/C17H16ClN3O2/c18-13-5-3-7-21(16(13)22)10-17(9-19-11-20-17)15-8-12-4-1-2-6-14(12)23-15/h1-8,19-20H,9-11H2. The topological polar surface area (TPSA) is 59.2 Å². The molecule has 1 aromatic carbocycles. The SMILES string of the molecule is O=c1c(Cl)cccn1CC1(c2cc3ccccc3o2)CNCN1. The van der Waals surface area contributed by atoms with Crippen LogP contribution in [0.2, 0.25) is 5.02 Å². The van der Waals surface area contributed by atoms with Crippen molar-refractivity contribution in [2.75, 3.05) is 13.2 Å². The lowest BCUT2D eigenvalue weighted by molar-refractivity contribution is 0.288. The van der Waals surface area contributed by atoms with Crippen LogP contribution in [-0.4, -0.2) is 17.8 Å².